The Bertz CT molecular complexity index is 555. The molecule has 1 aromatic carbocycles. The Kier molecular flexibility index (Phi) is 5.37. The Morgan fingerprint density at radius 1 is 1.36 bits per heavy atom. The maximum atomic E-state index is 11.8. The molecule has 0 amide bonds. The lowest BCUT2D eigenvalue weighted by Gasteiger charge is -2.32. The molecule has 0 aliphatic carbocycles. The van der Waals surface area contributed by atoms with E-state index >= 15 is 0 Å². The summed E-state index contributed by atoms with van der Waals surface area (Å²) in [5, 5.41) is 37.2. The van der Waals surface area contributed by atoms with Gasteiger partial charge in [0.15, 0.2) is 11.5 Å². The van der Waals surface area contributed by atoms with Crippen LogP contribution in [0.5, 0.6) is 11.5 Å². The zero-order valence-corrected chi connectivity index (χ0v) is 11.8. The van der Waals surface area contributed by atoms with Crippen LogP contribution in [0.4, 0.5) is 0 Å². The first-order valence-corrected chi connectivity index (χ1v) is 6.81. The Balaban J connectivity index is 1.96. The molecule has 7 heteroatoms. The van der Waals surface area contributed by atoms with E-state index in [2.05, 4.69) is 0 Å². The Morgan fingerprint density at radius 2 is 2.14 bits per heavy atom. The summed E-state index contributed by atoms with van der Waals surface area (Å²) in [6, 6.07) is 4.11. The molecule has 0 spiro atoms. The molecule has 1 aliphatic rings. The Morgan fingerprint density at radius 3 is 2.82 bits per heavy atom. The number of phenols is 2. The third-order valence-corrected chi connectivity index (χ3v) is 3.28. The normalized spacial score (nSPS) is 25.3. The van der Waals surface area contributed by atoms with Crippen molar-refractivity contribution >= 4 is 12.0 Å². The van der Waals surface area contributed by atoms with Crippen molar-refractivity contribution < 1.29 is 34.7 Å². The number of esters is 1. The molecule has 0 aromatic heterocycles. The third kappa shape index (κ3) is 4.20. The standard InChI is InChI=1S/C15H18O7/c16-7-14-13(6-10(17)8-21-14)22-15(20)4-2-9-1-3-11(18)12(19)5-9/h1-5,10,13-14,16-19H,6-8H2/b4-2+/t10-,13+,14-/m1/s1. The minimum Gasteiger partial charge on any atom is -0.504 e. The predicted octanol–water partition coefficient (Wildman–Crippen LogP) is 0.165. The lowest BCUT2D eigenvalue weighted by Crippen LogP contribution is -2.45. The number of aliphatic hydroxyl groups is 2. The topological polar surface area (TPSA) is 116 Å². The molecule has 1 fully saturated rings. The van der Waals surface area contributed by atoms with Gasteiger partial charge in [0.25, 0.3) is 0 Å². The second-order valence-corrected chi connectivity index (χ2v) is 5.00. The average molecular weight is 310 g/mol. The first-order valence-electron chi connectivity index (χ1n) is 6.81. The SMILES string of the molecule is O=C(/C=C/c1ccc(O)c(O)c1)O[C@H]1C[C@@H](O)CO[C@@H]1CO. The highest BCUT2D eigenvalue weighted by Crippen LogP contribution is 2.25. The fourth-order valence-corrected chi connectivity index (χ4v) is 2.12. The molecule has 1 saturated heterocycles. The highest BCUT2D eigenvalue weighted by Gasteiger charge is 2.32. The average Bonchev–Trinajstić information content (AvgIpc) is 2.49. The second-order valence-electron chi connectivity index (χ2n) is 5.00. The molecule has 2 rings (SSSR count). The van der Waals surface area contributed by atoms with Crippen LogP contribution in [0.3, 0.4) is 0 Å². The van der Waals surface area contributed by atoms with E-state index < -0.39 is 24.3 Å². The largest absolute Gasteiger partial charge is 0.504 e. The molecule has 0 bridgehead atoms. The summed E-state index contributed by atoms with van der Waals surface area (Å²) < 4.78 is 10.3. The zero-order valence-electron chi connectivity index (χ0n) is 11.8. The number of aliphatic hydroxyl groups excluding tert-OH is 2. The summed E-state index contributed by atoms with van der Waals surface area (Å²) >= 11 is 0. The molecule has 7 nitrogen and oxygen atoms in total. The number of benzene rings is 1. The minimum atomic E-state index is -0.737. The van der Waals surface area contributed by atoms with E-state index in [1.165, 1.54) is 24.3 Å². The van der Waals surface area contributed by atoms with Crippen LogP contribution < -0.4 is 0 Å². The van der Waals surface area contributed by atoms with Gasteiger partial charge >= 0.3 is 5.97 Å². The van der Waals surface area contributed by atoms with E-state index in [4.69, 9.17) is 14.6 Å². The lowest BCUT2D eigenvalue weighted by molar-refractivity contribution is -0.173. The molecule has 3 atom stereocenters. The van der Waals surface area contributed by atoms with Gasteiger partial charge in [0.2, 0.25) is 0 Å². The second kappa shape index (κ2) is 7.26. The van der Waals surface area contributed by atoms with Crippen LogP contribution in [0.25, 0.3) is 6.08 Å². The van der Waals surface area contributed by atoms with E-state index in [-0.39, 0.29) is 31.1 Å². The number of carbonyl (C=O) groups excluding carboxylic acids is 1. The molecule has 120 valence electrons. The Labute approximate surface area is 127 Å². The molecule has 1 aliphatic heterocycles. The van der Waals surface area contributed by atoms with Crippen molar-refractivity contribution in [2.45, 2.75) is 24.7 Å². The smallest absolute Gasteiger partial charge is 0.331 e. The van der Waals surface area contributed by atoms with Crippen molar-refractivity contribution in [2.75, 3.05) is 13.2 Å². The molecular formula is C15H18O7. The highest BCUT2D eigenvalue weighted by atomic mass is 16.6. The molecule has 4 N–H and O–H groups in total. The van der Waals surface area contributed by atoms with E-state index in [1.54, 1.807) is 0 Å². The maximum absolute atomic E-state index is 11.8. The van der Waals surface area contributed by atoms with Crippen LogP contribution >= 0.6 is 0 Å². The number of rotatable bonds is 4. The Hall–Kier alpha value is -2.09. The van der Waals surface area contributed by atoms with Crippen LogP contribution in [-0.2, 0) is 14.3 Å². The fraction of sp³-hybridized carbons (Fsp3) is 0.400. The summed E-state index contributed by atoms with van der Waals surface area (Å²) in [6.07, 6.45) is 0.651. The van der Waals surface area contributed by atoms with Crippen molar-refractivity contribution in [3.8, 4) is 11.5 Å². The van der Waals surface area contributed by atoms with Crippen molar-refractivity contribution in [1.29, 1.82) is 0 Å². The van der Waals surface area contributed by atoms with Crippen molar-refractivity contribution in [1.82, 2.24) is 0 Å². The van der Waals surface area contributed by atoms with Crippen LogP contribution in [-0.4, -0.2) is 57.9 Å². The van der Waals surface area contributed by atoms with E-state index in [1.807, 2.05) is 0 Å². The van der Waals surface area contributed by atoms with E-state index in [9.17, 15) is 20.1 Å². The number of carbonyl (C=O) groups is 1. The van der Waals surface area contributed by atoms with E-state index in [0.29, 0.717) is 5.56 Å². The van der Waals surface area contributed by atoms with Gasteiger partial charge in [-0.1, -0.05) is 6.07 Å². The fourth-order valence-electron chi connectivity index (χ4n) is 2.12. The summed E-state index contributed by atoms with van der Waals surface area (Å²) in [5.41, 5.74) is 0.505. The van der Waals surface area contributed by atoms with E-state index in [0.717, 1.165) is 6.08 Å². The minimum absolute atomic E-state index is 0.0991. The van der Waals surface area contributed by atoms with Gasteiger partial charge in [0.05, 0.1) is 19.3 Å². The van der Waals surface area contributed by atoms with Gasteiger partial charge in [-0.25, -0.2) is 4.79 Å². The quantitative estimate of drug-likeness (QED) is 0.356. The van der Waals surface area contributed by atoms with Crippen molar-refractivity contribution in [3.63, 3.8) is 0 Å². The van der Waals surface area contributed by atoms with Crippen molar-refractivity contribution in [2.24, 2.45) is 0 Å². The van der Waals surface area contributed by atoms with Crippen molar-refractivity contribution in [3.05, 3.63) is 29.8 Å². The molecule has 0 saturated carbocycles. The predicted molar refractivity (Wildman–Crippen MR) is 76.1 cm³/mol. The van der Waals surface area contributed by atoms with Crippen LogP contribution in [0.15, 0.2) is 24.3 Å². The monoisotopic (exact) mass is 310 g/mol. The van der Waals surface area contributed by atoms with Gasteiger partial charge in [-0.2, -0.15) is 0 Å². The summed E-state index contributed by atoms with van der Waals surface area (Å²) in [4.78, 5) is 11.8. The number of hydrogen-bond donors (Lipinski definition) is 4. The lowest BCUT2D eigenvalue weighted by atomic mass is 10.0. The van der Waals surface area contributed by atoms with Gasteiger partial charge in [-0.05, 0) is 23.8 Å². The van der Waals surface area contributed by atoms with Gasteiger partial charge in [0.1, 0.15) is 12.2 Å². The van der Waals surface area contributed by atoms with Crippen LogP contribution in [0.2, 0.25) is 0 Å². The van der Waals surface area contributed by atoms with Gasteiger partial charge in [-0.15, -0.1) is 0 Å². The third-order valence-electron chi connectivity index (χ3n) is 3.28. The van der Waals surface area contributed by atoms with Gasteiger partial charge < -0.3 is 29.9 Å². The maximum Gasteiger partial charge on any atom is 0.331 e. The summed E-state index contributed by atoms with van der Waals surface area (Å²) in [6.45, 7) is -0.206. The van der Waals surface area contributed by atoms with Gasteiger partial charge in [-0.3, -0.25) is 0 Å². The first-order chi connectivity index (χ1) is 10.5. The zero-order chi connectivity index (χ0) is 16.1. The number of phenolic OH excluding ortho intramolecular Hbond substituents is 2. The number of hydrogen-bond acceptors (Lipinski definition) is 7. The molecule has 0 radical (unpaired) electrons. The molecule has 22 heavy (non-hydrogen) atoms. The molecule has 1 heterocycles. The molecule has 1 aromatic rings. The van der Waals surface area contributed by atoms with Gasteiger partial charge in [0, 0.05) is 12.5 Å². The molecular weight excluding hydrogens is 292 g/mol. The summed E-state index contributed by atoms with van der Waals surface area (Å²) in [5.74, 6) is -1.20. The van der Waals surface area contributed by atoms with Crippen LogP contribution in [0.1, 0.15) is 12.0 Å². The molecule has 0 unspecified atom stereocenters. The highest BCUT2D eigenvalue weighted by molar-refractivity contribution is 5.87. The van der Waals surface area contributed by atoms with Crippen LogP contribution in [0, 0.1) is 0 Å². The number of ether oxygens (including phenoxy) is 2. The summed E-state index contributed by atoms with van der Waals surface area (Å²) in [7, 11) is 0. The first kappa shape index (κ1) is 16.3. The number of aromatic hydroxyl groups is 2.